The normalized spacial score (nSPS) is 14.6. The maximum atomic E-state index is 10.3. The van der Waals surface area contributed by atoms with Gasteiger partial charge in [-0.3, -0.25) is 0 Å². The van der Waals surface area contributed by atoms with Gasteiger partial charge in [0.15, 0.2) is 0 Å². The summed E-state index contributed by atoms with van der Waals surface area (Å²) in [6, 6.07) is 14.6. The van der Waals surface area contributed by atoms with Gasteiger partial charge in [-0.1, -0.05) is 44.2 Å². The lowest BCUT2D eigenvalue weighted by atomic mass is 9.94. The van der Waals surface area contributed by atoms with Crippen molar-refractivity contribution in [3.8, 4) is 0 Å². The van der Waals surface area contributed by atoms with Crippen molar-refractivity contribution in [3.63, 3.8) is 0 Å². The van der Waals surface area contributed by atoms with Gasteiger partial charge in [0.25, 0.3) is 0 Å². The molecule has 0 heterocycles. The molecule has 1 unspecified atom stereocenters. The van der Waals surface area contributed by atoms with Crippen LogP contribution in [0.15, 0.2) is 42.5 Å². The molecule has 0 aliphatic carbocycles. The van der Waals surface area contributed by atoms with Crippen molar-refractivity contribution in [1.29, 1.82) is 0 Å². The van der Waals surface area contributed by atoms with Crippen molar-refractivity contribution >= 4 is 16.5 Å². The third-order valence-electron chi connectivity index (χ3n) is 3.27. The second-order valence-electron chi connectivity index (χ2n) is 6.01. The zero-order valence-corrected chi connectivity index (χ0v) is 12.0. The highest BCUT2D eigenvalue weighted by Gasteiger charge is 2.21. The first-order valence-electron chi connectivity index (χ1n) is 6.91. The van der Waals surface area contributed by atoms with Gasteiger partial charge in [-0.2, -0.15) is 0 Å². The highest BCUT2D eigenvalue weighted by molar-refractivity contribution is 5.85. The van der Waals surface area contributed by atoms with Crippen LogP contribution in [0.25, 0.3) is 10.8 Å². The molecule has 0 aromatic heterocycles. The lowest BCUT2D eigenvalue weighted by Gasteiger charge is -2.26. The van der Waals surface area contributed by atoms with E-state index in [2.05, 4.69) is 49.5 Å². The van der Waals surface area contributed by atoms with E-state index in [0.717, 1.165) is 12.1 Å². The van der Waals surface area contributed by atoms with E-state index in [1.807, 2.05) is 19.1 Å². The smallest absolute Gasteiger partial charge is 0.0793 e. The zero-order valence-electron chi connectivity index (χ0n) is 12.0. The number of hydrogen-bond donors (Lipinski definition) is 2. The Labute approximate surface area is 115 Å². The van der Waals surface area contributed by atoms with E-state index in [4.69, 9.17) is 0 Å². The van der Waals surface area contributed by atoms with Crippen LogP contribution in [0.3, 0.4) is 0 Å². The average Bonchev–Trinajstić information content (AvgIpc) is 2.35. The van der Waals surface area contributed by atoms with Crippen LogP contribution >= 0.6 is 0 Å². The van der Waals surface area contributed by atoms with Gasteiger partial charge in [-0.15, -0.1) is 0 Å². The molecule has 2 nitrogen and oxygen atoms in total. The minimum atomic E-state index is -0.667. The summed E-state index contributed by atoms with van der Waals surface area (Å²) in [5.74, 6) is 0.494. The monoisotopic (exact) mass is 257 g/mol. The van der Waals surface area contributed by atoms with Crippen LogP contribution in [0.1, 0.15) is 27.2 Å². The number of benzene rings is 2. The van der Waals surface area contributed by atoms with Gasteiger partial charge >= 0.3 is 0 Å². The number of fused-ring (bicyclic) bond motifs is 1. The van der Waals surface area contributed by atoms with Gasteiger partial charge in [-0.05, 0) is 42.2 Å². The van der Waals surface area contributed by atoms with Gasteiger partial charge in [0.2, 0.25) is 0 Å². The van der Waals surface area contributed by atoms with E-state index < -0.39 is 5.60 Å². The highest BCUT2D eigenvalue weighted by Crippen LogP contribution is 2.21. The average molecular weight is 257 g/mol. The largest absolute Gasteiger partial charge is 0.388 e. The van der Waals surface area contributed by atoms with Crippen LogP contribution in [0.4, 0.5) is 5.69 Å². The molecule has 2 aromatic rings. The Morgan fingerprint density at radius 3 is 2.47 bits per heavy atom. The molecule has 2 aromatic carbocycles. The summed E-state index contributed by atoms with van der Waals surface area (Å²) in [4.78, 5) is 0. The Morgan fingerprint density at radius 2 is 1.79 bits per heavy atom. The minimum Gasteiger partial charge on any atom is -0.388 e. The highest BCUT2D eigenvalue weighted by atomic mass is 16.3. The number of anilines is 1. The Hall–Kier alpha value is -1.54. The van der Waals surface area contributed by atoms with Gasteiger partial charge in [0.05, 0.1) is 5.60 Å². The zero-order chi connectivity index (χ0) is 13.9. The third kappa shape index (κ3) is 3.97. The molecule has 0 radical (unpaired) electrons. The fourth-order valence-corrected chi connectivity index (χ4v) is 2.54. The van der Waals surface area contributed by atoms with Crippen LogP contribution in [-0.2, 0) is 0 Å². The Morgan fingerprint density at radius 1 is 1.11 bits per heavy atom. The molecule has 19 heavy (non-hydrogen) atoms. The maximum Gasteiger partial charge on any atom is 0.0793 e. The van der Waals surface area contributed by atoms with Crippen LogP contribution in [0.2, 0.25) is 0 Å². The fourth-order valence-electron chi connectivity index (χ4n) is 2.54. The molecular weight excluding hydrogens is 234 g/mol. The Kier molecular flexibility index (Phi) is 4.11. The maximum absolute atomic E-state index is 10.3. The van der Waals surface area contributed by atoms with Gasteiger partial charge in [-0.25, -0.2) is 0 Å². The second-order valence-corrected chi connectivity index (χ2v) is 6.01. The van der Waals surface area contributed by atoms with E-state index in [-0.39, 0.29) is 0 Å². The van der Waals surface area contributed by atoms with E-state index in [1.165, 1.54) is 10.8 Å². The van der Waals surface area contributed by atoms with Crippen LogP contribution in [0, 0.1) is 5.92 Å². The molecule has 2 N–H and O–H groups in total. The standard InChI is InChI=1S/C17H23NO/c1-13(2)11-17(3,19)12-18-16-9-8-14-6-4-5-7-15(14)10-16/h4-10,13,18-19H,11-12H2,1-3H3. The molecule has 0 spiro atoms. The summed E-state index contributed by atoms with van der Waals surface area (Å²) in [5.41, 5.74) is 0.391. The van der Waals surface area contributed by atoms with Gasteiger partial charge in [0, 0.05) is 12.2 Å². The molecule has 0 aliphatic rings. The lowest BCUT2D eigenvalue weighted by Crippen LogP contribution is -2.34. The van der Waals surface area contributed by atoms with Crippen molar-refractivity contribution in [2.24, 2.45) is 5.92 Å². The fraction of sp³-hybridized carbons (Fsp3) is 0.412. The van der Waals surface area contributed by atoms with Crippen molar-refractivity contribution in [2.75, 3.05) is 11.9 Å². The van der Waals surface area contributed by atoms with Crippen molar-refractivity contribution in [3.05, 3.63) is 42.5 Å². The SMILES string of the molecule is CC(C)CC(C)(O)CNc1ccc2ccccc2c1. The molecule has 0 aliphatic heterocycles. The number of rotatable bonds is 5. The van der Waals surface area contributed by atoms with E-state index in [0.29, 0.717) is 12.5 Å². The number of nitrogens with one attached hydrogen (secondary N) is 1. The molecular formula is C17H23NO. The molecule has 0 fully saturated rings. The molecule has 0 saturated heterocycles. The molecule has 1 atom stereocenters. The summed E-state index contributed by atoms with van der Waals surface area (Å²) in [6.07, 6.45) is 0.799. The number of hydrogen-bond acceptors (Lipinski definition) is 2. The van der Waals surface area contributed by atoms with E-state index >= 15 is 0 Å². The molecule has 2 heteroatoms. The Bertz CT molecular complexity index is 546. The summed E-state index contributed by atoms with van der Waals surface area (Å²) < 4.78 is 0. The predicted molar refractivity (Wildman–Crippen MR) is 82.5 cm³/mol. The summed E-state index contributed by atoms with van der Waals surface area (Å²) in [5, 5.41) is 16.1. The number of aliphatic hydroxyl groups is 1. The topological polar surface area (TPSA) is 32.3 Å². The third-order valence-corrected chi connectivity index (χ3v) is 3.27. The molecule has 2 rings (SSSR count). The molecule has 0 saturated carbocycles. The summed E-state index contributed by atoms with van der Waals surface area (Å²) >= 11 is 0. The second kappa shape index (κ2) is 5.62. The van der Waals surface area contributed by atoms with Crippen molar-refractivity contribution in [1.82, 2.24) is 0 Å². The van der Waals surface area contributed by atoms with Gasteiger partial charge < -0.3 is 10.4 Å². The molecule has 102 valence electrons. The summed E-state index contributed by atoms with van der Waals surface area (Å²) in [7, 11) is 0. The Balaban J connectivity index is 2.05. The van der Waals surface area contributed by atoms with Crippen molar-refractivity contribution in [2.45, 2.75) is 32.8 Å². The summed E-state index contributed by atoms with van der Waals surface area (Å²) in [6.45, 7) is 6.72. The quantitative estimate of drug-likeness (QED) is 0.847. The van der Waals surface area contributed by atoms with Crippen LogP contribution in [0.5, 0.6) is 0 Å². The van der Waals surface area contributed by atoms with Crippen molar-refractivity contribution < 1.29 is 5.11 Å². The first kappa shape index (κ1) is 13.9. The predicted octanol–water partition coefficient (Wildman–Crippen LogP) is 4.05. The van der Waals surface area contributed by atoms with Crippen LogP contribution < -0.4 is 5.32 Å². The van der Waals surface area contributed by atoms with Crippen LogP contribution in [-0.4, -0.2) is 17.3 Å². The minimum absolute atomic E-state index is 0.494. The van der Waals surface area contributed by atoms with E-state index in [9.17, 15) is 5.11 Å². The lowest BCUT2D eigenvalue weighted by molar-refractivity contribution is 0.0515. The van der Waals surface area contributed by atoms with Gasteiger partial charge in [0.1, 0.15) is 0 Å². The first-order chi connectivity index (χ1) is 8.96. The molecule has 0 amide bonds. The molecule has 0 bridgehead atoms. The van der Waals surface area contributed by atoms with E-state index in [1.54, 1.807) is 0 Å². The first-order valence-corrected chi connectivity index (χ1v) is 6.91.